The molecule has 0 heterocycles. The number of rotatable bonds is 2. The fraction of sp³-hybridized carbons (Fsp3) is 0.417. The van der Waals surface area contributed by atoms with Gasteiger partial charge in [-0.3, -0.25) is 4.79 Å². The van der Waals surface area contributed by atoms with Crippen LogP contribution in [0.2, 0.25) is 5.02 Å². The molecule has 0 saturated heterocycles. The summed E-state index contributed by atoms with van der Waals surface area (Å²) in [7, 11) is 0. The summed E-state index contributed by atoms with van der Waals surface area (Å²) in [5, 5.41) is 3.02. The molecule has 0 bridgehead atoms. The minimum Gasteiger partial charge on any atom is -0.397 e. The van der Waals surface area contributed by atoms with Crippen LogP contribution in [0.1, 0.15) is 19.3 Å². The van der Waals surface area contributed by atoms with E-state index in [-0.39, 0.29) is 12.8 Å². The van der Waals surface area contributed by atoms with Crippen LogP contribution in [-0.4, -0.2) is 11.8 Å². The van der Waals surface area contributed by atoms with Gasteiger partial charge in [-0.15, -0.1) is 0 Å². The predicted molar refractivity (Wildman–Crippen MR) is 66.8 cm³/mol. The first-order chi connectivity index (χ1) is 8.37. The third-order valence-electron chi connectivity index (χ3n) is 3.05. The van der Waals surface area contributed by atoms with E-state index in [0.29, 0.717) is 16.4 Å². The second kappa shape index (κ2) is 4.72. The summed E-state index contributed by atoms with van der Waals surface area (Å²) in [5.74, 6) is -3.80. The number of alkyl halides is 2. The van der Waals surface area contributed by atoms with Gasteiger partial charge in [-0.1, -0.05) is 11.6 Å². The van der Waals surface area contributed by atoms with Crippen LogP contribution in [0.4, 0.5) is 20.2 Å². The summed E-state index contributed by atoms with van der Waals surface area (Å²) in [4.78, 5) is 11.8. The van der Waals surface area contributed by atoms with Crippen molar-refractivity contribution in [2.45, 2.75) is 25.2 Å². The van der Waals surface area contributed by atoms with Gasteiger partial charge in [0.2, 0.25) is 11.8 Å². The van der Waals surface area contributed by atoms with E-state index in [1.165, 1.54) is 6.07 Å². The van der Waals surface area contributed by atoms with E-state index in [4.69, 9.17) is 17.3 Å². The number of amides is 1. The van der Waals surface area contributed by atoms with Crippen molar-refractivity contribution in [3.8, 4) is 0 Å². The molecule has 0 aromatic heterocycles. The van der Waals surface area contributed by atoms with Crippen molar-refractivity contribution in [3.05, 3.63) is 23.2 Å². The zero-order valence-electron chi connectivity index (χ0n) is 9.55. The average Bonchev–Trinajstić information content (AvgIpc) is 2.63. The molecule has 1 aliphatic rings. The average molecular weight is 275 g/mol. The molecule has 0 aliphatic heterocycles. The van der Waals surface area contributed by atoms with Gasteiger partial charge in [0.1, 0.15) is 0 Å². The van der Waals surface area contributed by atoms with E-state index in [0.717, 1.165) is 0 Å². The number of nitrogens with one attached hydrogen (secondary N) is 1. The molecule has 1 unspecified atom stereocenters. The molecule has 2 rings (SSSR count). The zero-order valence-corrected chi connectivity index (χ0v) is 10.3. The number of anilines is 2. The SMILES string of the molecule is Nc1cc(Cl)ccc1NC(=O)C1CCC(F)(F)C1. The van der Waals surface area contributed by atoms with Gasteiger partial charge in [0.15, 0.2) is 0 Å². The predicted octanol–water partition coefficient (Wildman–Crippen LogP) is 3.30. The minimum atomic E-state index is -2.73. The Morgan fingerprint density at radius 2 is 2.22 bits per heavy atom. The maximum Gasteiger partial charge on any atom is 0.248 e. The molecule has 1 saturated carbocycles. The van der Waals surface area contributed by atoms with Crippen LogP contribution in [0.3, 0.4) is 0 Å². The number of hydrogen-bond donors (Lipinski definition) is 2. The molecular formula is C12H13ClF2N2O. The first-order valence-corrected chi connectivity index (χ1v) is 5.99. The Bertz CT molecular complexity index is 479. The lowest BCUT2D eigenvalue weighted by atomic mass is 10.1. The number of hydrogen-bond acceptors (Lipinski definition) is 2. The highest BCUT2D eigenvalue weighted by Gasteiger charge is 2.42. The van der Waals surface area contributed by atoms with E-state index < -0.39 is 24.2 Å². The Balaban J connectivity index is 2.04. The Labute approximate surface area is 108 Å². The molecule has 18 heavy (non-hydrogen) atoms. The molecule has 1 fully saturated rings. The molecule has 0 spiro atoms. The van der Waals surface area contributed by atoms with Crippen molar-refractivity contribution in [2.24, 2.45) is 5.92 Å². The molecule has 1 aromatic carbocycles. The minimum absolute atomic E-state index is 0.201. The van der Waals surface area contributed by atoms with E-state index >= 15 is 0 Å². The van der Waals surface area contributed by atoms with E-state index in [2.05, 4.69) is 5.32 Å². The number of nitrogens with two attached hydrogens (primary N) is 1. The summed E-state index contributed by atoms with van der Waals surface area (Å²) in [5.41, 5.74) is 6.40. The fourth-order valence-electron chi connectivity index (χ4n) is 2.06. The molecule has 1 aromatic rings. The molecule has 98 valence electrons. The summed E-state index contributed by atoms with van der Waals surface area (Å²) in [6, 6.07) is 4.64. The normalized spacial score (nSPS) is 21.8. The lowest BCUT2D eigenvalue weighted by Gasteiger charge is -2.13. The van der Waals surface area contributed by atoms with Crippen molar-refractivity contribution in [1.82, 2.24) is 0 Å². The maximum absolute atomic E-state index is 13.0. The quantitative estimate of drug-likeness (QED) is 0.813. The van der Waals surface area contributed by atoms with E-state index in [1.54, 1.807) is 12.1 Å². The van der Waals surface area contributed by atoms with Crippen LogP contribution in [0, 0.1) is 5.92 Å². The maximum atomic E-state index is 13.0. The monoisotopic (exact) mass is 274 g/mol. The van der Waals surface area contributed by atoms with Gasteiger partial charge in [0, 0.05) is 23.8 Å². The summed E-state index contributed by atoms with van der Waals surface area (Å²) in [6.45, 7) is 0. The number of benzene rings is 1. The van der Waals surface area contributed by atoms with E-state index in [1.807, 2.05) is 0 Å². The van der Waals surface area contributed by atoms with Crippen molar-refractivity contribution in [3.63, 3.8) is 0 Å². The van der Waals surface area contributed by atoms with Crippen LogP contribution >= 0.6 is 11.6 Å². The van der Waals surface area contributed by atoms with Crippen LogP contribution in [0.25, 0.3) is 0 Å². The highest BCUT2D eigenvalue weighted by Crippen LogP contribution is 2.39. The van der Waals surface area contributed by atoms with Crippen molar-refractivity contribution < 1.29 is 13.6 Å². The van der Waals surface area contributed by atoms with E-state index in [9.17, 15) is 13.6 Å². The standard InChI is InChI=1S/C12H13ClF2N2O/c13-8-1-2-10(9(16)5-8)17-11(18)7-3-4-12(14,15)6-7/h1-2,5,7H,3-4,6,16H2,(H,17,18). The third-order valence-corrected chi connectivity index (χ3v) is 3.28. The first-order valence-electron chi connectivity index (χ1n) is 5.61. The summed E-state index contributed by atoms with van der Waals surface area (Å²) >= 11 is 5.73. The Hall–Kier alpha value is -1.36. The Kier molecular flexibility index (Phi) is 3.43. The fourth-order valence-corrected chi connectivity index (χ4v) is 2.24. The zero-order chi connectivity index (χ0) is 13.3. The summed E-state index contributed by atoms with van der Waals surface area (Å²) < 4.78 is 26.0. The van der Waals surface area contributed by atoms with Gasteiger partial charge < -0.3 is 11.1 Å². The highest BCUT2D eigenvalue weighted by molar-refractivity contribution is 6.31. The molecule has 1 atom stereocenters. The topological polar surface area (TPSA) is 55.1 Å². The second-order valence-corrected chi connectivity index (χ2v) is 4.95. The largest absolute Gasteiger partial charge is 0.397 e. The molecule has 3 nitrogen and oxygen atoms in total. The number of halogens is 3. The molecule has 3 N–H and O–H groups in total. The number of carbonyl (C=O) groups excluding carboxylic acids is 1. The van der Waals surface area contributed by atoms with Crippen LogP contribution in [-0.2, 0) is 4.79 Å². The smallest absolute Gasteiger partial charge is 0.248 e. The van der Waals surface area contributed by atoms with Gasteiger partial charge in [-0.25, -0.2) is 8.78 Å². The number of carbonyl (C=O) groups is 1. The van der Waals surface area contributed by atoms with Crippen molar-refractivity contribution >= 4 is 28.9 Å². The van der Waals surface area contributed by atoms with Crippen molar-refractivity contribution in [1.29, 1.82) is 0 Å². The van der Waals surface area contributed by atoms with Crippen LogP contribution in [0.5, 0.6) is 0 Å². The second-order valence-electron chi connectivity index (χ2n) is 4.52. The van der Waals surface area contributed by atoms with Gasteiger partial charge in [-0.05, 0) is 24.6 Å². The van der Waals surface area contributed by atoms with Gasteiger partial charge in [-0.2, -0.15) is 0 Å². The lowest BCUT2D eigenvalue weighted by Crippen LogP contribution is -2.22. The Morgan fingerprint density at radius 1 is 1.50 bits per heavy atom. The molecule has 1 amide bonds. The highest BCUT2D eigenvalue weighted by atomic mass is 35.5. The van der Waals surface area contributed by atoms with Crippen LogP contribution in [0.15, 0.2) is 18.2 Å². The molecule has 1 aliphatic carbocycles. The first kappa shape index (κ1) is 13.1. The van der Waals surface area contributed by atoms with Crippen LogP contribution < -0.4 is 11.1 Å². The molecular weight excluding hydrogens is 262 g/mol. The third kappa shape index (κ3) is 2.90. The van der Waals surface area contributed by atoms with Gasteiger partial charge in [0.25, 0.3) is 0 Å². The summed E-state index contributed by atoms with van der Waals surface area (Å²) in [6.07, 6.45) is -0.431. The van der Waals surface area contributed by atoms with Crippen molar-refractivity contribution in [2.75, 3.05) is 11.1 Å². The van der Waals surface area contributed by atoms with Gasteiger partial charge >= 0.3 is 0 Å². The van der Waals surface area contributed by atoms with Gasteiger partial charge in [0.05, 0.1) is 11.4 Å². The molecule has 6 heteroatoms. The Morgan fingerprint density at radius 3 is 2.78 bits per heavy atom. The number of nitrogen functional groups attached to an aromatic ring is 1. The lowest BCUT2D eigenvalue weighted by molar-refractivity contribution is -0.120. The molecule has 0 radical (unpaired) electrons.